The molecule has 0 spiro atoms. The molecule has 1 N–H and O–H groups in total. The first kappa shape index (κ1) is 11.6. The molecular formula is C13H18FNO. The molecule has 1 saturated carbocycles. The van der Waals surface area contributed by atoms with Gasteiger partial charge in [-0.2, -0.15) is 0 Å². The van der Waals surface area contributed by atoms with Crippen LogP contribution >= 0.6 is 0 Å². The lowest BCUT2D eigenvalue weighted by molar-refractivity contribution is 0.104. The Bertz CT molecular complexity index is 338. The van der Waals surface area contributed by atoms with E-state index in [1.807, 2.05) is 13.1 Å². The topological polar surface area (TPSA) is 21.3 Å². The van der Waals surface area contributed by atoms with Crippen molar-refractivity contribution in [2.75, 3.05) is 20.3 Å². The molecule has 16 heavy (non-hydrogen) atoms. The van der Waals surface area contributed by atoms with Crippen LogP contribution in [0.4, 0.5) is 4.39 Å². The van der Waals surface area contributed by atoms with Gasteiger partial charge in [0.1, 0.15) is 5.82 Å². The van der Waals surface area contributed by atoms with Gasteiger partial charge in [0.15, 0.2) is 0 Å². The van der Waals surface area contributed by atoms with Crippen LogP contribution in [0.1, 0.15) is 24.4 Å². The van der Waals surface area contributed by atoms with E-state index in [0.717, 1.165) is 12.5 Å². The smallest absolute Gasteiger partial charge is 0.128 e. The monoisotopic (exact) mass is 223 g/mol. The highest BCUT2D eigenvalue weighted by molar-refractivity contribution is 5.21. The van der Waals surface area contributed by atoms with E-state index in [9.17, 15) is 4.39 Å². The zero-order valence-corrected chi connectivity index (χ0v) is 9.58. The lowest BCUT2D eigenvalue weighted by Crippen LogP contribution is -2.23. The number of nitrogens with one attached hydrogen (secondary N) is 1. The van der Waals surface area contributed by atoms with E-state index in [2.05, 4.69) is 5.32 Å². The third-order valence-electron chi connectivity index (χ3n) is 2.96. The molecule has 0 amide bonds. The number of hydrogen-bond donors (Lipinski definition) is 1. The van der Waals surface area contributed by atoms with Crippen LogP contribution < -0.4 is 5.32 Å². The van der Waals surface area contributed by atoms with Crippen LogP contribution in [0, 0.1) is 11.7 Å². The summed E-state index contributed by atoms with van der Waals surface area (Å²) in [6, 6.07) is 6.79. The zero-order valence-electron chi connectivity index (χ0n) is 9.58. The average molecular weight is 223 g/mol. The molecule has 1 aliphatic rings. The number of likely N-dealkylation sites (N-methyl/N-ethyl adjacent to an activating group) is 1. The van der Waals surface area contributed by atoms with Gasteiger partial charge >= 0.3 is 0 Å². The molecule has 0 heterocycles. The second-order valence-electron chi connectivity index (χ2n) is 4.34. The first-order chi connectivity index (χ1) is 7.81. The molecule has 0 radical (unpaired) electrons. The van der Waals surface area contributed by atoms with Gasteiger partial charge in [0, 0.05) is 12.2 Å². The molecule has 88 valence electrons. The Morgan fingerprint density at radius 3 is 2.81 bits per heavy atom. The molecule has 0 aromatic heterocycles. The van der Waals surface area contributed by atoms with Crippen molar-refractivity contribution in [1.29, 1.82) is 0 Å². The van der Waals surface area contributed by atoms with Crippen LogP contribution in [0.25, 0.3) is 0 Å². The summed E-state index contributed by atoms with van der Waals surface area (Å²) in [5.74, 6) is 0.579. The maximum atomic E-state index is 13.5. The van der Waals surface area contributed by atoms with E-state index in [0.29, 0.717) is 12.2 Å². The third-order valence-corrected chi connectivity index (χ3v) is 2.96. The predicted octanol–water partition coefficient (Wildman–Crippen LogP) is 2.51. The fourth-order valence-corrected chi connectivity index (χ4v) is 1.72. The first-order valence-electron chi connectivity index (χ1n) is 5.80. The van der Waals surface area contributed by atoms with Gasteiger partial charge in [0.05, 0.1) is 12.6 Å². The van der Waals surface area contributed by atoms with Crippen LogP contribution in [0.15, 0.2) is 24.3 Å². The van der Waals surface area contributed by atoms with Crippen molar-refractivity contribution in [2.24, 2.45) is 5.92 Å². The lowest BCUT2D eigenvalue weighted by atomic mass is 10.1. The second kappa shape index (κ2) is 5.41. The molecule has 0 bridgehead atoms. The maximum absolute atomic E-state index is 13.5. The normalized spacial score (nSPS) is 17.4. The average Bonchev–Trinajstić information content (AvgIpc) is 3.10. The van der Waals surface area contributed by atoms with Gasteiger partial charge in [-0.1, -0.05) is 18.2 Å². The van der Waals surface area contributed by atoms with Crippen LogP contribution in [-0.4, -0.2) is 20.3 Å². The minimum absolute atomic E-state index is 0.0556. The Kier molecular flexibility index (Phi) is 3.91. The minimum Gasteiger partial charge on any atom is -0.379 e. The summed E-state index contributed by atoms with van der Waals surface area (Å²) in [5, 5.41) is 3.09. The molecule has 1 fully saturated rings. The van der Waals surface area contributed by atoms with Gasteiger partial charge in [-0.3, -0.25) is 0 Å². The quantitative estimate of drug-likeness (QED) is 0.800. The van der Waals surface area contributed by atoms with E-state index >= 15 is 0 Å². The molecule has 2 rings (SSSR count). The largest absolute Gasteiger partial charge is 0.379 e. The van der Waals surface area contributed by atoms with E-state index < -0.39 is 0 Å². The van der Waals surface area contributed by atoms with Crippen LogP contribution in [0.2, 0.25) is 0 Å². The van der Waals surface area contributed by atoms with Crippen LogP contribution in [-0.2, 0) is 4.74 Å². The number of hydrogen-bond acceptors (Lipinski definition) is 2. The number of rotatable bonds is 6. The van der Waals surface area contributed by atoms with E-state index in [-0.39, 0.29) is 11.9 Å². The Balaban J connectivity index is 1.90. The highest BCUT2D eigenvalue weighted by atomic mass is 19.1. The van der Waals surface area contributed by atoms with Crippen molar-refractivity contribution in [3.8, 4) is 0 Å². The molecule has 1 atom stereocenters. The summed E-state index contributed by atoms with van der Waals surface area (Å²) in [5.41, 5.74) is 0.681. The fraction of sp³-hybridized carbons (Fsp3) is 0.538. The Morgan fingerprint density at radius 1 is 1.44 bits per heavy atom. The molecule has 1 aromatic carbocycles. The first-order valence-corrected chi connectivity index (χ1v) is 5.80. The lowest BCUT2D eigenvalue weighted by Gasteiger charge is -2.17. The van der Waals surface area contributed by atoms with Gasteiger partial charge in [-0.05, 0) is 31.9 Å². The molecular weight excluding hydrogens is 205 g/mol. The number of benzene rings is 1. The van der Waals surface area contributed by atoms with E-state index in [4.69, 9.17) is 4.74 Å². The maximum Gasteiger partial charge on any atom is 0.128 e. The molecule has 0 aliphatic heterocycles. The number of ether oxygens (including phenoxy) is 1. The Labute approximate surface area is 95.8 Å². The molecule has 2 nitrogen and oxygen atoms in total. The van der Waals surface area contributed by atoms with Crippen molar-refractivity contribution in [2.45, 2.75) is 18.9 Å². The molecule has 1 aromatic rings. The summed E-state index contributed by atoms with van der Waals surface area (Å²) in [4.78, 5) is 0. The Morgan fingerprint density at radius 2 is 2.19 bits per heavy atom. The number of halogens is 1. The van der Waals surface area contributed by atoms with Crippen molar-refractivity contribution >= 4 is 0 Å². The van der Waals surface area contributed by atoms with Crippen molar-refractivity contribution < 1.29 is 9.13 Å². The van der Waals surface area contributed by atoms with Crippen LogP contribution in [0.3, 0.4) is 0 Å². The summed E-state index contributed by atoms with van der Waals surface area (Å²) in [6.07, 6.45) is 2.56. The zero-order chi connectivity index (χ0) is 11.4. The van der Waals surface area contributed by atoms with Gasteiger partial charge in [0.2, 0.25) is 0 Å². The van der Waals surface area contributed by atoms with Gasteiger partial charge in [-0.15, -0.1) is 0 Å². The highest BCUT2D eigenvalue weighted by Gasteiger charge is 2.22. The summed E-state index contributed by atoms with van der Waals surface area (Å²) in [7, 11) is 1.83. The standard InChI is InChI=1S/C13H18FNO/c1-15-13(9-16-8-10-6-7-10)11-4-2-3-5-12(11)14/h2-5,10,13,15H,6-9H2,1H3. The summed E-state index contributed by atoms with van der Waals surface area (Å²) < 4.78 is 19.1. The van der Waals surface area contributed by atoms with E-state index in [1.165, 1.54) is 18.9 Å². The van der Waals surface area contributed by atoms with Crippen molar-refractivity contribution in [3.05, 3.63) is 35.6 Å². The molecule has 3 heteroatoms. The van der Waals surface area contributed by atoms with Gasteiger partial charge in [0.25, 0.3) is 0 Å². The molecule has 0 saturated heterocycles. The fourth-order valence-electron chi connectivity index (χ4n) is 1.72. The highest BCUT2D eigenvalue weighted by Crippen LogP contribution is 2.29. The van der Waals surface area contributed by atoms with Gasteiger partial charge < -0.3 is 10.1 Å². The third kappa shape index (κ3) is 3.03. The Hall–Kier alpha value is -0.930. The van der Waals surface area contributed by atoms with Gasteiger partial charge in [-0.25, -0.2) is 4.39 Å². The second-order valence-corrected chi connectivity index (χ2v) is 4.34. The van der Waals surface area contributed by atoms with Crippen molar-refractivity contribution in [3.63, 3.8) is 0 Å². The summed E-state index contributed by atoms with van der Waals surface area (Å²) >= 11 is 0. The van der Waals surface area contributed by atoms with Crippen LogP contribution in [0.5, 0.6) is 0 Å². The minimum atomic E-state index is -0.170. The predicted molar refractivity (Wildman–Crippen MR) is 61.7 cm³/mol. The van der Waals surface area contributed by atoms with E-state index in [1.54, 1.807) is 12.1 Å². The summed E-state index contributed by atoms with van der Waals surface area (Å²) in [6.45, 7) is 1.35. The van der Waals surface area contributed by atoms with Crippen molar-refractivity contribution in [1.82, 2.24) is 5.32 Å². The molecule has 1 unspecified atom stereocenters. The SMILES string of the molecule is CNC(COCC1CC1)c1ccccc1F. The molecule has 1 aliphatic carbocycles.